The zero-order valence-electron chi connectivity index (χ0n) is 31.9. The predicted octanol–water partition coefficient (Wildman–Crippen LogP) is 10.4. The van der Waals surface area contributed by atoms with Gasteiger partial charge in [0.25, 0.3) is 0 Å². The highest BCUT2D eigenvalue weighted by Gasteiger charge is 2.50. The minimum absolute atomic E-state index is 0.00574. The predicted molar refractivity (Wildman–Crippen MR) is 200 cm³/mol. The number of hydrogen-bond acceptors (Lipinski definition) is 5. The van der Waals surface area contributed by atoms with Gasteiger partial charge in [-0.2, -0.15) is 0 Å². The van der Waals surface area contributed by atoms with Gasteiger partial charge in [0.1, 0.15) is 18.1 Å². The van der Waals surface area contributed by atoms with E-state index in [4.69, 9.17) is 24.4 Å². The van der Waals surface area contributed by atoms with Crippen LogP contribution in [0.2, 0.25) is 54.4 Å². The lowest BCUT2D eigenvalue weighted by atomic mass is 9.75. The van der Waals surface area contributed by atoms with Crippen LogP contribution in [0, 0.1) is 18.3 Å². The van der Waals surface area contributed by atoms with Crippen molar-refractivity contribution in [1.29, 1.82) is 0 Å². The van der Waals surface area contributed by atoms with E-state index in [1.165, 1.54) is 5.56 Å². The van der Waals surface area contributed by atoms with Gasteiger partial charge in [-0.3, -0.25) is 0 Å². The Labute approximate surface area is 281 Å². The van der Waals surface area contributed by atoms with E-state index in [1.54, 1.807) is 7.11 Å². The number of ether oxygens (including phenoxy) is 1. The molecule has 8 heteroatoms. The highest BCUT2D eigenvalue weighted by Crippen LogP contribution is 2.47. The minimum Gasteiger partial charge on any atom is -0.497 e. The molecule has 0 saturated heterocycles. The number of methoxy groups -OCH3 is 1. The molecule has 0 aliphatic rings. The maximum Gasteiger partial charge on any atom is 0.193 e. The molecule has 5 nitrogen and oxygen atoms in total. The average Bonchev–Trinajstić information content (AvgIpc) is 2.88. The molecule has 1 rings (SSSR count). The third kappa shape index (κ3) is 11.8. The summed E-state index contributed by atoms with van der Waals surface area (Å²) >= 11 is 0. The first-order valence-corrected chi connectivity index (χ1v) is 25.5. The molecule has 45 heavy (non-hydrogen) atoms. The largest absolute Gasteiger partial charge is 0.497 e. The Morgan fingerprint density at radius 2 is 1.31 bits per heavy atom. The van der Waals surface area contributed by atoms with Crippen LogP contribution in [0.1, 0.15) is 93.6 Å². The van der Waals surface area contributed by atoms with Gasteiger partial charge in [-0.25, -0.2) is 0 Å². The quantitative estimate of drug-likeness (QED) is 0.0934. The molecule has 0 amide bonds. The molecular weight excluding hydrogens is 609 g/mol. The first-order valence-electron chi connectivity index (χ1n) is 16.8. The van der Waals surface area contributed by atoms with Gasteiger partial charge in [0.05, 0.1) is 12.7 Å². The van der Waals surface area contributed by atoms with E-state index >= 15 is 0 Å². The van der Waals surface area contributed by atoms with Crippen LogP contribution in [0.15, 0.2) is 24.3 Å². The van der Waals surface area contributed by atoms with E-state index in [0.717, 1.165) is 18.5 Å². The van der Waals surface area contributed by atoms with E-state index in [2.05, 4.69) is 120 Å². The van der Waals surface area contributed by atoms with Crippen LogP contribution in [0.5, 0.6) is 5.75 Å². The van der Waals surface area contributed by atoms with Crippen molar-refractivity contribution in [2.24, 2.45) is 5.92 Å². The molecule has 0 heterocycles. The highest BCUT2D eigenvalue weighted by atomic mass is 28.4. The SMILES string of the molecule is C#C[C@@H](C[C@@H](Cc1ccc(OC)cc1)[C@](CCC=O)(CCO[Si](C)(C)C(C)(C)C)O[Si](C)(C)C(C)(C)C)O[Si](C)(C)C(C)(C)C. The standard InChI is InChI=1S/C37H68O5Si3/c1-18-32(41-44(14,15)35(5,6)7)29-31(28-30-20-22-33(39-11)23-21-30)37(24-19-26-38,42-45(16,17)36(8,9)10)25-27-40-43(12,13)34(2,3)4/h1,20-23,26,31-32H,19,24-25,27-29H2,2-17H3/t31-,32+,37+/m1/s1. The van der Waals surface area contributed by atoms with Crippen LogP contribution in [-0.2, 0) is 24.5 Å². The van der Waals surface area contributed by atoms with E-state index in [9.17, 15) is 4.79 Å². The second-order valence-electron chi connectivity index (χ2n) is 17.5. The lowest BCUT2D eigenvalue weighted by Gasteiger charge is -2.51. The van der Waals surface area contributed by atoms with Gasteiger partial charge >= 0.3 is 0 Å². The van der Waals surface area contributed by atoms with Crippen LogP contribution in [-0.4, -0.2) is 56.7 Å². The van der Waals surface area contributed by atoms with Gasteiger partial charge < -0.3 is 22.8 Å². The minimum atomic E-state index is -2.32. The van der Waals surface area contributed by atoms with Crippen molar-refractivity contribution < 1.29 is 22.8 Å². The molecular formula is C37H68O5Si3. The Kier molecular flexibility index (Phi) is 14.7. The topological polar surface area (TPSA) is 54.0 Å². The number of rotatable bonds is 17. The van der Waals surface area contributed by atoms with Crippen LogP contribution >= 0.6 is 0 Å². The fourth-order valence-electron chi connectivity index (χ4n) is 4.85. The van der Waals surface area contributed by atoms with E-state index in [-0.39, 0.29) is 27.1 Å². The molecule has 0 radical (unpaired) electrons. The summed E-state index contributed by atoms with van der Waals surface area (Å²) in [6, 6.07) is 8.29. The maximum atomic E-state index is 12.1. The number of carbonyl (C=O) groups excluding carboxylic acids is 1. The second-order valence-corrected chi connectivity index (χ2v) is 31.8. The van der Waals surface area contributed by atoms with Crippen molar-refractivity contribution in [2.75, 3.05) is 13.7 Å². The third-order valence-corrected chi connectivity index (χ3v) is 24.6. The van der Waals surface area contributed by atoms with Crippen molar-refractivity contribution in [3.63, 3.8) is 0 Å². The molecule has 1 aromatic rings. The first-order chi connectivity index (χ1) is 20.3. The van der Waals surface area contributed by atoms with E-state index in [1.807, 2.05) is 12.1 Å². The Balaban J connectivity index is 3.87. The Bertz CT molecular complexity index is 1100. The normalized spacial score (nSPS) is 16.4. The Morgan fingerprint density at radius 1 is 0.800 bits per heavy atom. The van der Waals surface area contributed by atoms with Crippen molar-refractivity contribution in [2.45, 2.75) is 161 Å². The number of benzene rings is 1. The Morgan fingerprint density at radius 3 is 1.73 bits per heavy atom. The molecule has 258 valence electrons. The summed E-state index contributed by atoms with van der Waals surface area (Å²) in [5.41, 5.74) is 0.557. The summed E-state index contributed by atoms with van der Waals surface area (Å²) in [6.07, 6.45) is 10.0. The second kappa shape index (κ2) is 15.8. The van der Waals surface area contributed by atoms with Crippen LogP contribution in [0.25, 0.3) is 0 Å². The van der Waals surface area contributed by atoms with Gasteiger partial charge in [-0.1, -0.05) is 80.4 Å². The molecule has 0 saturated carbocycles. The third-order valence-electron chi connectivity index (χ3n) is 11.1. The number of hydrogen-bond donors (Lipinski definition) is 0. The summed E-state index contributed by atoms with van der Waals surface area (Å²) in [6.45, 7) is 34.7. The molecule has 0 N–H and O–H groups in total. The zero-order valence-corrected chi connectivity index (χ0v) is 34.9. The molecule has 0 unspecified atom stereocenters. The number of aldehydes is 1. The van der Waals surface area contributed by atoms with Crippen molar-refractivity contribution in [1.82, 2.24) is 0 Å². The number of carbonyl (C=O) groups is 1. The fraction of sp³-hybridized carbons (Fsp3) is 0.757. The average molecular weight is 677 g/mol. The molecule has 0 aliphatic heterocycles. The van der Waals surface area contributed by atoms with Crippen molar-refractivity contribution >= 4 is 31.2 Å². The molecule has 0 bridgehead atoms. The fourth-order valence-corrected chi connectivity index (χ4v) is 8.82. The molecule has 0 fully saturated rings. The first kappa shape index (κ1) is 41.8. The molecule has 0 aliphatic carbocycles. The van der Waals surface area contributed by atoms with Crippen LogP contribution < -0.4 is 4.74 Å². The summed E-state index contributed by atoms with van der Waals surface area (Å²) in [7, 11) is -4.81. The van der Waals surface area contributed by atoms with E-state index in [0.29, 0.717) is 32.3 Å². The summed E-state index contributed by atoms with van der Waals surface area (Å²) in [5.74, 6) is 3.86. The van der Waals surface area contributed by atoms with Gasteiger partial charge in [-0.05, 0) is 104 Å². The van der Waals surface area contributed by atoms with Gasteiger partial charge in [-0.15, -0.1) is 6.42 Å². The van der Waals surface area contributed by atoms with Gasteiger partial charge in [0.15, 0.2) is 25.0 Å². The van der Waals surface area contributed by atoms with Crippen molar-refractivity contribution in [3.05, 3.63) is 29.8 Å². The summed E-state index contributed by atoms with van der Waals surface area (Å²) < 4.78 is 26.8. The molecule has 1 aromatic carbocycles. The Hall–Kier alpha value is -1.22. The van der Waals surface area contributed by atoms with Gasteiger partial charge in [0.2, 0.25) is 0 Å². The van der Waals surface area contributed by atoms with E-state index < -0.39 is 30.6 Å². The smallest absolute Gasteiger partial charge is 0.193 e. The molecule has 3 atom stereocenters. The van der Waals surface area contributed by atoms with Crippen LogP contribution in [0.3, 0.4) is 0 Å². The molecule has 0 spiro atoms. The monoisotopic (exact) mass is 676 g/mol. The maximum absolute atomic E-state index is 12.1. The highest BCUT2D eigenvalue weighted by molar-refractivity contribution is 6.75. The summed E-state index contributed by atoms with van der Waals surface area (Å²) in [4.78, 5) is 12.1. The lowest BCUT2D eigenvalue weighted by Crippen LogP contribution is -2.55. The van der Waals surface area contributed by atoms with Crippen LogP contribution in [0.4, 0.5) is 0 Å². The van der Waals surface area contributed by atoms with Crippen molar-refractivity contribution in [3.8, 4) is 18.1 Å². The summed E-state index contributed by atoms with van der Waals surface area (Å²) in [5, 5.41) is 0.0944. The lowest BCUT2D eigenvalue weighted by molar-refractivity contribution is -0.110. The zero-order chi connectivity index (χ0) is 35.1. The number of terminal acetylenes is 1. The molecule has 0 aromatic heterocycles. The van der Waals surface area contributed by atoms with Gasteiger partial charge in [0, 0.05) is 13.0 Å².